The van der Waals surface area contributed by atoms with Crippen molar-refractivity contribution in [2.45, 2.75) is 25.9 Å². The van der Waals surface area contributed by atoms with Crippen LogP contribution in [-0.2, 0) is 19.7 Å². The molecule has 0 aromatic carbocycles. The van der Waals surface area contributed by atoms with Gasteiger partial charge in [-0.05, 0) is 12.3 Å². The van der Waals surface area contributed by atoms with Crippen molar-refractivity contribution in [2.24, 2.45) is 5.92 Å². The molecule has 0 amide bonds. The average Bonchev–Trinajstić information content (AvgIpc) is 2.38. The fourth-order valence-corrected chi connectivity index (χ4v) is 3.29. The molecule has 0 bridgehead atoms. The minimum absolute atomic E-state index is 0.0129. The van der Waals surface area contributed by atoms with E-state index in [0.717, 1.165) is 4.31 Å². The summed E-state index contributed by atoms with van der Waals surface area (Å²) in [6.07, 6.45) is 0.00195. The van der Waals surface area contributed by atoms with Crippen molar-refractivity contribution in [1.82, 2.24) is 8.61 Å². The number of methoxy groups -OCH3 is 1. The van der Waals surface area contributed by atoms with Crippen LogP contribution in [0.5, 0.6) is 0 Å². The summed E-state index contributed by atoms with van der Waals surface area (Å²) in [4.78, 5) is 11.0. The topological polar surface area (TPSA) is 87.2 Å². The molecule has 2 atom stereocenters. The standard InChI is InChI=1S/C11H22N2O5S/c1-9-4-7-13(8-10(9)14)19(16,17)12(2)6-5-11(15)18-3/h9-10,14H,4-8H2,1-3H3. The summed E-state index contributed by atoms with van der Waals surface area (Å²) in [6, 6.07) is 0. The molecule has 1 rings (SSSR count). The molecule has 0 aromatic rings. The highest BCUT2D eigenvalue weighted by Crippen LogP contribution is 2.20. The third-order valence-electron chi connectivity index (χ3n) is 3.46. The fraction of sp³-hybridized carbons (Fsp3) is 0.909. The number of aliphatic hydroxyl groups excluding tert-OH is 1. The zero-order valence-electron chi connectivity index (χ0n) is 11.6. The largest absolute Gasteiger partial charge is 0.469 e. The lowest BCUT2D eigenvalue weighted by atomic mass is 9.98. The number of aliphatic hydroxyl groups is 1. The van der Waals surface area contributed by atoms with Crippen LogP contribution in [0.4, 0.5) is 0 Å². The first-order chi connectivity index (χ1) is 8.78. The number of hydrogen-bond acceptors (Lipinski definition) is 5. The van der Waals surface area contributed by atoms with Crippen molar-refractivity contribution in [3.63, 3.8) is 0 Å². The maximum Gasteiger partial charge on any atom is 0.306 e. The van der Waals surface area contributed by atoms with Crippen molar-refractivity contribution in [3.8, 4) is 0 Å². The number of ether oxygens (including phenoxy) is 1. The van der Waals surface area contributed by atoms with E-state index in [1.165, 1.54) is 18.5 Å². The minimum Gasteiger partial charge on any atom is -0.469 e. The number of esters is 1. The van der Waals surface area contributed by atoms with Gasteiger partial charge in [-0.1, -0.05) is 6.92 Å². The fourth-order valence-electron chi connectivity index (χ4n) is 1.89. The molecule has 1 saturated heterocycles. The Labute approximate surface area is 114 Å². The van der Waals surface area contributed by atoms with Crippen LogP contribution >= 0.6 is 0 Å². The minimum atomic E-state index is -3.62. The number of rotatable bonds is 5. The molecule has 112 valence electrons. The second-order valence-corrected chi connectivity index (χ2v) is 6.88. The first kappa shape index (κ1) is 16.4. The lowest BCUT2D eigenvalue weighted by Crippen LogP contribution is -2.50. The van der Waals surface area contributed by atoms with Gasteiger partial charge < -0.3 is 9.84 Å². The van der Waals surface area contributed by atoms with E-state index in [4.69, 9.17) is 0 Å². The molecular weight excluding hydrogens is 272 g/mol. The van der Waals surface area contributed by atoms with Crippen molar-refractivity contribution in [1.29, 1.82) is 0 Å². The van der Waals surface area contributed by atoms with Gasteiger partial charge in [0, 0.05) is 26.7 Å². The second-order valence-electron chi connectivity index (χ2n) is 4.85. The molecule has 1 aliphatic rings. The Kier molecular flexibility index (Phi) is 5.72. The summed E-state index contributed by atoms with van der Waals surface area (Å²) >= 11 is 0. The molecule has 0 radical (unpaired) electrons. The Morgan fingerprint density at radius 3 is 2.68 bits per heavy atom. The maximum absolute atomic E-state index is 12.2. The highest BCUT2D eigenvalue weighted by atomic mass is 32.2. The number of piperidine rings is 1. The van der Waals surface area contributed by atoms with Crippen molar-refractivity contribution < 1.29 is 23.1 Å². The van der Waals surface area contributed by atoms with E-state index in [0.29, 0.717) is 13.0 Å². The van der Waals surface area contributed by atoms with Gasteiger partial charge in [-0.3, -0.25) is 4.79 Å². The van der Waals surface area contributed by atoms with E-state index in [2.05, 4.69) is 4.74 Å². The van der Waals surface area contributed by atoms with E-state index in [-0.39, 0.29) is 25.4 Å². The average molecular weight is 294 g/mol. The summed E-state index contributed by atoms with van der Waals surface area (Å²) in [6.45, 7) is 2.46. The lowest BCUT2D eigenvalue weighted by Gasteiger charge is -2.35. The quantitative estimate of drug-likeness (QED) is 0.686. The molecule has 0 spiro atoms. The summed E-state index contributed by atoms with van der Waals surface area (Å²) in [5.74, 6) is -0.346. The van der Waals surface area contributed by atoms with Crippen LogP contribution in [0.2, 0.25) is 0 Å². The monoisotopic (exact) mass is 294 g/mol. The predicted octanol–water partition coefficient (Wildman–Crippen LogP) is -0.571. The Balaban J connectivity index is 2.62. The Morgan fingerprint density at radius 2 is 2.16 bits per heavy atom. The normalized spacial score (nSPS) is 25.5. The van der Waals surface area contributed by atoms with Gasteiger partial charge in [-0.2, -0.15) is 17.0 Å². The van der Waals surface area contributed by atoms with Gasteiger partial charge in [-0.25, -0.2) is 0 Å². The number of β-amino-alcohol motifs (C(OH)–C–C–N with tert-alkyl or cyclic N) is 1. The number of hydrogen-bond donors (Lipinski definition) is 1. The van der Waals surface area contributed by atoms with Crippen molar-refractivity contribution in [2.75, 3.05) is 33.8 Å². The van der Waals surface area contributed by atoms with E-state index >= 15 is 0 Å². The zero-order chi connectivity index (χ0) is 14.6. The van der Waals surface area contributed by atoms with E-state index in [1.807, 2.05) is 6.92 Å². The summed E-state index contributed by atoms with van der Waals surface area (Å²) in [5, 5.41) is 9.75. The molecular formula is C11H22N2O5S. The number of nitrogens with zero attached hydrogens (tertiary/aromatic N) is 2. The summed E-state index contributed by atoms with van der Waals surface area (Å²) in [5.41, 5.74) is 0. The van der Waals surface area contributed by atoms with Crippen LogP contribution in [0, 0.1) is 5.92 Å². The van der Waals surface area contributed by atoms with Crippen LogP contribution in [0.1, 0.15) is 19.8 Å². The van der Waals surface area contributed by atoms with Gasteiger partial charge in [0.15, 0.2) is 0 Å². The Morgan fingerprint density at radius 1 is 1.53 bits per heavy atom. The molecule has 1 fully saturated rings. The maximum atomic E-state index is 12.2. The van der Waals surface area contributed by atoms with Gasteiger partial charge in [0.2, 0.25) is 0 Å². The van der Waals surface area contributed by atoms with Gasteiger partial charge >= 0.3 is 5.97 Å². The van der Waals surface area contributed by atoms with Gasteiger partial charge in [0.25, 0.3) is 10.2 Å². The molecule has 1 aliphatic heterocycles. The predicted molar refractivity (Wildman–Crippen MR) is 69.5 cm³/mol. The smallest absolute Gasteiger partial charge is 0.306 e. The van der Waals surface area contributed by atoms with Crippen molar-refractivity contribution in [3.05, 3.63) is 0 Å². The van der Waals surface area contributed by atoms with Crippen LogP contribution in [-0.4, -0.2) is 68.0 Å². The highest BCUT2D eigenvalue weighted by molar-refractivity contribution is 7.86. The second kappa shape index (κ2) is 6.65. The van der Waals surface area contributed by atoms with Crippen LogP contribution in [0.3, 0.4) is 0 Å². The molecule has 0 aromatic heterocycles. The number of carbonyl (C=O) groups is 1. The van der Waals surface area contributed by atoms with Crippen LogP contribution in [0.25, 0.3) is 0 Å². The van der Waals surface area contributed by atoms with Gasteiger partial charge in [-0.15, -0.1) is 0 Å². The molecule has 8 heteroatoms. The third-order valence-corrected chi connectivity index (χ3v) is 5.41. The SMILES string of the molecule is COC(=O)CCN(C)S(=O)(=O)N1CCC(C)C(O)C1. The van der Waals surface area contributed by atoms with Gasteiger partial charge in [0.1, 0.15) is 0 Å². The van der Waals surface area contributed by atoms with E-state index in [1.54, 1.807) is 0 Å². The molecule has 7 nitrogen and oxygen atoms in total. The molecule has 0 saturated carbocycles. The molecule has 2 unspecified atom stereocenters. The third kappa shape index (κ3) is 4.13. The highest BCUT2D eigenvalue weighted by Gasteiger charge is 2.34. The van der Waals surface area contributed by atoms with Crippen LogP contribution < -0.4 is 0 Å². The molecule has 1 N–H and O–H groups in total. The van der Waals surface area contributed by atoms with Gasteiger partial charge in [0.05, 0.1) is 19.6 Å². The Hall–Kier alpha value is -0.700. The molecule has 19 heavy (non-hydrogen) atoms. The molecule has 1 heterocycles. The van der Waals surface area contributed by atoms with Crippen molar-refractivity contribution >= 4 is 16.2 Å². The first-order valence-corrected chi connectivity index (χ1v) is 7.65. The molecule has 0 aliphatic carbocycles. The first-order valence-electron chi connectivity index (χ1n) is 6.25. The Bertz CT molecular complexity index is 411. The zero-order valence-corrected chi connectivity index (χ0v) is 12.4. The summed E-state index contributed by atoms with van der Waals surface area (Å²) < 4.78 is 31.3. The summed E-state index contributed by atoms with van der Waals surface area (Å²) in [7, 11) is -0.941. The van der Waals surface area contributed by atoms with E-state index < -0.39 is 22.3 Å². The lowest BCUT2D eigenvalue weighted by molar-refractivity contribution is -0.140. The van der Waals surface area contributed by atoms with E-state index in [9.17, 15) is 18.3 Å². The number of carbonyl (C=O) groups excluding carboxylic acids is 1. The van der Waals surface area contributed by atoms with Crippen LogP contribution in [0.15, 0.2) is 0 Å².